The van der Waals surface area contributed by atoms with Gasteiger partial charge in [-0.25, -0.2) is 10.4 Å². The Bertz CT molecular complexity index is 580. The molecule has 0 bridgehead atoms. The molecule has 0 radical (unpaired) electrons. The molecular weight excluding hydrogens is 244 g/mol. The van der Waals surface area contributed by atoms with Crippen LogP contribution in [0.25, 0.3) is 0 Å². The van der Waals surface area contributed by atoms with E-state index in [0.717, 1.165) is 17.0 Å². The number of hydrogen-bond donors (Lipinski definition) is 2. The number of rotatable bonds is 4. The summed E-state index contributed by atoms with van der Waals surface area (Å²) in [6.07, 6.45) is 3.20. The monoisotopic (exact) mass is 262 g/mol. The molecule has 0 aliphatic carbocycles. The fourth-order valence-corrected chi connectivity index (χ4v) is 2.20. The SMILES string of the molecule is COc1nccnc1C(NN)c1c(C)nn(C)c1C. The molecule has 0 aliphatic heterocycles. The van der Waals surface area contributed by atoms with E-state index in [1.807, 2.05) is 25.6 Å². The zero-order chi connectivity index (χ0) is 14.0. The Morgan fingerprint density at radius 3 is 2.53 bits per heavy atom. The Kier molecular flexibility index (Phi) is 3.77. The van der Waals surface area contributed by atoms with Gasteiger partial charge >= 0.3 is 0 Å². The maximum absolute atomic E-state index is 5.70. The summed E-state index contributed by atoms with van der Waals surface area (Å²) < 4.78 is 7.06. The second kappa shape index (κ2) is 5.33. The molecule has 0 fully saturated rings. The van der Waals surface area contributed by atoms with Crippen molar-refractivity contribution in [2.24, 2.45) is 12.9 Å². The van der Waals surface area contributed by atoms with Crippen LogP contribution in [0.5, 0.6) is 5.88 Å². The number of hydrogen-bond acceptors (Lipinski definition) is 6. The van der Waals surface area contributed by atoms with Crippen LogP contribution in [-0.4, -0.2) is 26.9 Å². The Labute approximate surface area is 111 Å². The lowest BCUT2D eigenvalue weighted by Crippen LogP contribution is -2.31. The van der Waals surface area contributed by atoms with Gasteiger partial charge in [-0.05, 0) is 13.8 Å². The molecule has 0 aromatic carbocycles. The number of ether oxygens (including phenoxy) is 1. The third-order valence-corrected chi connectivity index (χ3v) is 3.18. The Hall–Kier alpha value is -1.99. The molecule has 1 atom stereocenters. The molecule has 0 aliphatic rings. The summed E-state index contributed by atoms with van der Waals surface area (Å²) in [6, 6.07) is -0.308. The third-order valence-electron chi connectivity index (χ3n) is 3.18. The Balaban J connectivity index is 2.56. The summed E-state index contributed by atoms with van der Waals surface area (Å²) in [6.45, 7) is 3.93. The van der Waals surface area contributed by atoms with Crippen LogP contribution in [0.3, 0.4) is 0 Å². The Morgan fingerprint density at radius 1 is 1.32 bits per heavy atom. The smallest absolute Gasteiger partial charge is 0.237 e. The highest BCUT2D eigenvalue weighted by Gasteiger charge is 2.25. The molecule has 0 amide bonds. The maximum atomic E-state index is 5.70. The van der Waals surface area contributed by atoms with Crippen molar-refractivity contribution in [1.82, 2.24) is 25.2 Å². The van der Waals surface area contributed by atoms with Crippen LogP contribution in [-0.2, 0) is 7.05 Å². The average Bonchev–Trinajstić information content (AvgIpc) is 2.67. The lowest BCUT2D eigenvalue weighted by atomic mass is 10.0. The number of aryl methyl sites for hydroxylation is 2. The summed E-state index contributed by atoms with van der Waals surface area (Å²) >= 11 is 0. The van der Waals surface area contributed by atoms with Crippen molar-refractivity contribution >= 4 is 0 Å². The molecule has 102 valence electrons. The third kappa shape index (κ3) is 2.29. The van der Waals surface area contributed by atoms with E-state index in [-0.39, 0.29) is 6.04 Å². The fourth-order valence-electron chi connectivity index (χ4n) is 2.20. The number of nitrogens with one attached hydrogen (secondary N) is 1. The van der Waals surface area contributed by atoms with Gasteiger partial charge in [0.15, 0.2) is 0 Å². The maximum Gasteiger partial charge on any atom is 0.237 e. The van der Waals surface area contributed by atoms with Gasteiger partial charge in [0.25, 0.3) is 0 Å². The van der Waals surface area contributed by atoms with Crippen LogP contribution < -0.4 is 16.0 Å². The first kappa shape index (κ1) is 13.4. The highest BCUT2D eigenvalue weighted by atomic mass is 16.5. The van der Waals surface area contributed by atoms with Crippen LogP contribution in [0.4, 0.5) is 0 Å². The van der Waals surface area contributed by atoms with Crippen molar-refractivity contribution in [2.75, 3.05) is 7.11 Å². The molecule has 7 nitrogen and oxygen atoms in total. The number of nitrogens with zero attached hydrogens (tertiary/aromatic N) is 4. The summed E-state index contributed by atoms with van der Waals surface area (Å²) in [5.74, 6) is 6.15. The van der Waals surface area contributed by atoms with Crippen molar-refractivity contribution in [3.8, 4) is 5.88 Å². The summed E-state index contributed by atoms with van der Waals surface area (Å²) in [5.41, 5.74) is 6.32. The molecule has 2 rings (SSSR count). The molecule has 7 heteroatoms. The van der Waals surface area contributed by atoms with Gasteiger partial charge in [-0.15, -0.1) is 0 Å². The molecule has 0 saturated carbocycles. The Morgan fingerprint density at radius 2 is 2.00 bits per heavy atom. The first-order valence-electron chi connectivity index (χ1n) is 5.91. The number of aromatic nitrogens is 4. The van der Waals surface area contributed by atoms with Crippen LogP contribution in [0.15, 0.2) is 12.4 Å². The zero-order valence-corrected chi connectivity index (χ0v) is 11.5. The van der Waals surface area contributed by atoms with Gasteiger partial charge in [0.05, 0.1) is 18.8 Å². The van der Waals surface area contributed by atoms with Crippen molar-refractivity contribution < 1.29 is 4.74 Å². The van der Waals surface area contributed by atoms with Gasteiger partial charge in [-0.2, -0.15) is 5.10 Å². The standard InChI is InChI=1S/C12H18N6O/c1-7-9(8(2)18(3)17-7)10(16-13)11-12(19-4)15-6-5-14-11/h5-6,10,16H,13H2,1-4H3. The highest BCUT2D eigenvalue weighted by molar-refractivity contribution is 5.37. The molecule has 2 heterocycles. The van der Waals surface area contributed by atoms with E-state index < -0.39 is 0 Å². The number of methoxy groups -OCH3 is 1. The minimum Gasteiger partial charge on any atom is -0.480 e. The van der Waals surface area contributed by atoms with E-state index in [1.165, 1.54) is 0 Å². The van der Waals surface area contributed by atoms with Gasteiger partial charge < -0.3 is 4.74 Å². The molecule has 0 spiro atoms. The van der Waals surface area contributed by atoms with Crippen LogP contribution >= 0.6 is 0 Å². The van der Waals surface area contributed by atoms with E-state index in [9.17, 15) is 0 Å². The van der Waals surface area contributed by atoms with Gasteiger partial charge in [0.1, 0.15) is 5.69 Å². The number of nitrogens with two attached hydrogens (primary N) is 1. The van der Waals surface area contributed by atoms with E-state index in [0.29, 0.717) is 11.6 Å². The largest absolute Gasteiger partial charge is 0.480 e. The van der Waals surface area contributed by atoms with Gasteiger partial charge in [-0.3, -0.25) is 15.5 Å². The highest BCUT2D eigenvalue weighted by Crippen LogP contribution is 2.29. The molecular formula is C12H18N6O. The minimum absolute atomic E-state index is 0.308. The number of hydrazine groups is 1. The predicted molar refractivity (Wildman–Crippen MR) is 70.4 cm³/mol. The fraction of sp³-hybridized carbons (Fsp3) is 0.417. The molecule has 2 aromatic heterocycles. The summed E-state index contributed by atoms with van der Waals surface area (Å²) in [5, 5.41) is 4.39. The molecule has 2 aromatic rings. The van der Waals surface area contributed by atoms with Crippen molar-refractivity contribution in [3.63, 3.8) is 0 Å². The van der Waals surface area contributed by atoms with Gasteiger partial charge in [-0.1, -0.05) is 0 Å². The average molecular weight is 262 g/mol. The quantitative estimate of drug-likeness (QED) is 0.612. The van der Waals surface area contributed by atoms with E-state index in [2.05, 4.69) is 20.5 Å². The van der Waals surface area contributed by atoms with Crippen molar-refractivity contribution in [1.29, 1.82) is 0 Å². The van der Waals surface area contributed by atoms with Crippen LogP contribution in [0, 0.1) is 13.8 Å². The molecule has 1 unspecified atom stereocenters. The second-order valence-electron chi connectivity index (χ2n) is 4.26. The molecule has 19 heavy (non-hydrogen) atoms. The first-order chi connectivity index (χ1) is 9.10. The molecule has 3 N–H and O–H groups in total. The van der Waals surface area contributed by atoms with Crippen molar-refractivity contribution in [3.05, 3.63) is 35.0 Å². The van der Waals surface area contributed by atoms with Crippen molar-refractivity contribution in [2.45, 2.75) is 19.9 Å². The lowest BCUT2D eigenvalue weighted by Gasteiger charge is -2.17. The normalized spacial score (nSPS) is 12.5. The van der Waals surface area contributed by atoms with Gasteiger partial charge in [0.2, 0.25) is 5.88 Å². The summed E-state index contributed by atoms with van der Waals surface area (Å²) in [7, 11) is 3.46. The predicted octanol–water partition coefficient (Wildman–Crippen LogP) is 0.388. The van der Waals surface area contributed by atoms with E-state index >= 15 is 0 Å². The lowest BCUT2D eigenvalue weighted by molar-refractivity contribution is 0.382. The zero-order valence-electron chi connectivity index (χ0n) is 11.5. The first-order valence-corrected chi connectivity index (χ1v) is 5.91. The topological polar surface area (TPSA) is 90.9 Å². The summed E-state index contributed by atoms with van der Waals surface area (Å²) in [4.78, 5) is 8.47. The van der Waals surface area contributed by atoms with E-state index in [1.54, 1.807) is 19.5 Å². The van der Waals surface area contributed by atoms with Crippen LogP contribution in [0.1, 0.15) is 28.7 Å². The minimum atomic E-state index is -0.308. The van der Waals surface area contributed by atoms with Crippen LogP contribution in [0.2, 0.25) is 0 Å². The second-order valence-corrected chi connectivity index (χ2v) is 4.26. The van der Waals surface area contributed by atoms with Gasteiger partial charge in [0, 0.05) is 30.7 Å². The molecule has 0 saturated heterocycles. The van der Waals surface area contributed by atoms with E-state index in [4.69, 9.17) is 10.6 Å².